The van der Waals surface area contributed by atoms with Crippen LogP contribution < -0.4 is 5.32 Å². The van der Waals surface area contributed by atoms with Gasteiger partial charge in [0.25, 0.3) is 0 Å². The van der Waals surface area contributed by atoms with E-state index >= 15 is 0 Å². The fourth-order valence-corrected chi connectivity index (χ4v) is 14.4. The van der Waals surface area contributed by atoms with Crippen LogP contribution in [0.4, 0.5) is 0 Å². The summed E-state index contributed by atoms with van der Waals surface area (Å²) in [5.41, 5.74) is 0. The molecule has 3 aliphatic rings. The zero-order valence-electron chi connectivity index (χ0n) is 62.8. The molecule has 19 nitrogen and oxygen atoms in total. The molecule has 0 aromatic rings. The van der Waals surface area contributed by atoms with E-state index in [1.807, 2.05) is 0 Å². The van der Waals surface area contributed by atoms with Crippen molar-refractivity contribution in [3.8, 4) is 0 Å². The molecule has 0 radical (unpaired) electrons. The molecule has 3 fully saturated rings. The van der Waals surface area contributed by atoms with Crippen molar-refractivity contribution in [3.63, 3.8) is 0 Å². The van der Waals surface area contributed by atoms with Crippen LogP contribution in [0.3, 0.4) is 0 Å². The maximum absolute atomic E-state index is 13.5. The number of carbonyl (C=O) groups is 1. The van der Waals surface area contributed by atoms with E-state index in [9.17, 15) is 61.0 Å². The molecule has 0 bridgehead atoms. The Labute approximate surface area is 601 Å². The van der Waals surface area contributed by atoms with Gasteiger partial charge in [-0.25, -0.2) is 0 Å². The Balaban J connectivity index is 1.27. The van der Waals surface area contributed by atoms with Crippen LogP contribution in [0, 0.1) is 0 Å². The molecule has 0 spiro atoms. The molecule has 0 saturated carbocycles. The average molecular weight is 1420 g/mol. The van der Waals surface area contributed by atoms with Gasteiger partial charge in [0.05, 0.1) is 38.6 Å². The normalized spacial score (nSPS) is 26.6. The van der Waals surface area contributed by atoms with Gasteiger partial charge in [0.1, 0.15) is 73.2 Å². The quantitative estimate of drug-likeness (QED) is 0.0199. The Morgan fingerprint density at radius 3 is 0.980 bits per heavy atom. The highest BCUT2D eigenvalue weighted by Crippen LogP contribution is 2.33. The third-order valence-electron chi connectivity index (χ3n) is 21.1. The summed E-state index contributed by atoms with van der Waals surface area (Å²) in [7, 11) is 0. The second-order valence-corrected chi connectivity index (χ2v) is 29.9. The number of nitrogens with one attached hydrogen (secondary N) is 1. The summed E-state index contributed by atoms with van der Waals surface area (Å²) in [5.74, 6) is -0.235. The molecule has 3 heterocycles. The first kappa shape index (κ1) is 91.7. The molecule has 17 atom stereocenters. The van der Waals surface area contributed by atoms with E-state index < -0.39 is 124 Å². The van der Waals surface area contributed by atoms with Gasteiger partial charge in [-0.15, -0.1) is 0 Å². The van der Waals surface area contributed by atoms with Crippen molar-refractivity contribution in [2.75, 3.05) is 26.4 Å². The number of carbonyl (C=O) groups excluding carboxylic acids is 1. The van der Waals surface area contributed by atoms with E-state index in [-0.39, 0.29) is 18.9 Å². The lowest BCUT2D eigenvalue weighted by molar-refractivity contribution is -0.379. The number of unbranched alkanes of at least 4 members (excludes halogenated alkanes) is 49. The van der Waals surface area contributed by atoms with Gasteiger partial charge in [-0.2, -0.15) is 0 Å². The Morgan fingerprint density at radius 2 is 0.636 bits per heavy atom. The molecule has 12 N–H and O–H groups in total. The van der Waals surface area contributed by atoms with Crippen LogP contribution in [0.2, 0.25) is 0 Å². The van der Waals surface area contributed by atoms with Crippen LogP contribution in [0.25, 0.3) is 0 Å². The first-order valence-corrected chi connectivity index (χ1v) is 41.4. The largest absolute Gasteiger partial charge is 0.394 e. The average Bonchev–Trinajstić information content (AvgIpc) is 0.784. The number of aliphatic hydroxyl groups is 11. The second-order valence-electron chi connectivity index (χ2n) is 29.9. The Hall–Kier alpha value is -1.47. The summed E-state index contributed by atoms with van der Waals surface area (Å²) in [6.07, 6.45) is 46.2. The Morgan fingerprint density at radius 1 is 0.354 bits per heavy atom. The van der Waals surface area contributed by atoms with Crippen molar-refractivity contribution in [3.05, 3.63) is 12.2 Å². The Bertz CT molecular complexity index is 1840. The summed E-state index contributed by atoms with van der Waals surface area (Å²) in [6.45, 7) is 1.85. The summed E-state index contributed by atoms with van der Waals surface area (Å²) in [4.78, 5) is 13.5. The summed E-state index contributed by atoms with van der Waals surface area (Å²) >= 11 is 0. The fraction of sp³-hybridized carbons (Fsp3) is 0.963. The van der Waals surface area contributed by atoms with E-state index in [1.165, 1.54) is 283 Å². The third kappa shape index (κ3) is 41.9. The maximum Gasteiger partial charge on any atom is 0.220 e. The summed E-state index contributed by atoms with van der Waals surface area (Å²) in [5, 5.41) is 121. The van der Waals surface area contributed by atoms with Gasteiger partial charge in [-0.3, -0.25) is 4.79 Å². The van der Waals surface area contributed by atoms with Gasteiger partial charge >= 0.3 is 0 Å². The Kier molecular flexibility index (Phi) is 57.1. The number of rotatable bonds is 67. The molecule has 0 aromatic heterocycles. The zero-order valence-corrected chi connectivity index (χ0v) is 62.8. The lowest BCUT2D eigenvalue weighted by Crippen LogP contribution is -2.66. The molecule has 3 rings (SSSR count). The van der Waals surface area contributed by atoms with Crippen molar-refractivity contribution in [1.82, 2.24) is 5.32 Å². The third-order valence-corrected chi connectivity index (χ3v) is 21.1. The minimum Gasteiger partial charge on any atom is -0.394 e. The molecular weight excluding hydrogens is 1260 g/mol. The predicted molar refractivity (Wildman–Crippen MR) is 393 cm³/mol. The number of amides is 1. The van der Waals surface area contributed by atoms with Crippen LogP contribution in [0.5, 0.6) is 0 Å². The topological polar surface area (TPSA) is 307 Å². The van der Waals surface area contributed by atoms with E-state index in [4.69, 9.17) is 28.4 Å². The van der Waals surface area contributed by atoms with Gasteiger partial charge in [-0.1, -0.05) is 328 Å². The predicted octanol–water partition coefficient (Wildman–Crippen LogP) is 14.0. The molecular formula is C80H153NO18. The van der Waals surface area contributed by atoms with Gasteiger partial charge in [0.2, 0.25) is 5.91 Å². The maximum atomic E-state index is 13.5. The smallest absolute Gasteiger partial charge is 0.220 e. The molecule has 3 saturated heterocycles. The lowest BCUT2D eigenvalue weighted by Gasteiger charge is -2.48. The number of ether oxygens (including phenoxy) is 6. The second kappa shape index (κ2) is 61.7. The van der Waals surface area contributed by atoms with Crippen molar-refractivity contribution < 1.29 is 89.4 Å². The van der Waals surface area contributed by atoms with Crippen LogP contribution in [-0.4, -0.2) is 193 Å². The highest BCUT2D eigenvalue weighted by atomic mass is 16.8. The molecule has 0 aromatic carbocycles. The number of hydrogen-bond donors (Lipinski definition) is 12. The minimum atomic E-state index is -1.97. The molecule has 586 valence electrons. The van der Waals surface area contributed by atoms with E-state index in [1.54, 1.807) is 0 Å². The molecule has 17 unspecified atom stereocenters. The van der Waals surface area contributed by atoms with E-state index in [2.05, 4.69) is 31.3 Å². The van der Waals surface area contributed by atoms with Crippen LogP contribution >= 0.6 is 0 Å². The first-order valence-electron chi connectivity index (χ1n) is 41.4. The van der Waals surface area contributed by atoms with Crippen molar-refractivity contribution >= 4 is 5.91 Å². The summed E-state index contributed by atoms with van der Waals surface area (Å²) in [6, 6.07) is -0.883. The first-order chi connectivity index (χ1) is 48.3. The lowest BCUT2D eigenvalue weighted by atomic mass is 9.96. The van der Waals surface area contributed by atoms with Crippen LogP contribution in [0.1, 0.15) is 361 Å². The highest BCUT2D eigenvalue weighted by Gasteiger charge is 2.54. The van der Waals surface area contributed by atoms with Gasteiger partial charge in [0, 0.05) is 6.42 Å². The van der Waals surface area contributed by atoms with Crippen molar-refractivity contribution in [1.29, 1.82) is 0 Å². The van der Waals surface area contributed by atoms with Crippen LogP contribution in [-0.2, 0) is 33.2 Å². The van der Waals surface area contributed by atoms with E-state index in [0.29, 0.717) is 12.8 Å². The van der Waals surface area contributed by atoms with Gasteiger partial charge in [0.15, 0.2) is 18.9 Å². The zero-order chi connectivity index (χ0) is 71.8. The van der Waals surface area contributed by atoms with Crippen molar-refractivity contribution in [2.45, 2.75) is 465 Å². The minimum absolute atomic E-state index is 0.235. The molecule has 1 amide bonds. The monoisotopic (exact) mass is 1420 g/mol. The number of allylic oxidation sites excluding steroid dienone is 2. The van der Waals surface area contributed by atoms with Gasteiger partial charge in [-0.05, 0) is 38.5 Å². The van der Waals surface area contributed by atoms with Crippen LogP contribution in [0.15, 0.2) is 12.2 Å². The summed E-state index contributed by atoms with van der Waals surface area (Å²) < 4.78 is 34.5. The fourth-order valence-electron chi connectivity index (χ4n) is 14.4. The molecule has 3 aliphatic heterocycles. The van der Waals surface area contributed by atoms with Crippen molar-refractivity contribution in [2.24, 2.45) is 0 Å². The standard InChI is InChI=1S/C80H153NO18/c1-3-5-7-9-11-13-15-17-19-20-21-22-23-24-25-26-27-28-29-30-31-32-33-34-35-36-37-38-39-40-41-42-44-46-48-50-52-54-56-58-68(86)81-63(64(85)57-55-53-51-49-47-45-43-18-16-14-12-10-8-6-4-2)62-94-78-74(92)71(89)76(66(60-83)96-78)99-80-75(93)72(90)77(67(61-84)97-80)98-79-73(91)70(88)69(87)65(59-82)95-79/h20-21,63-67,69-80,82-85,87-93H,3-19,22-62H2,1-2H3,(H,81,86)/b21-20-. The number of aliphatic hydroxyl groups excluding tert-OH is 11. The number of hydrogen-bond acceptors (Lipinski definition) is 18. The SMILES string of the molecule is CCCCCCCCCC/C=C\CCCCCCCCCCCCCCCCCCCCCCCCCCCCCC(=O)NC(COC1OC(CO)C(OC2OC(CO)C(OC3OC(CO)C(O)C(O)C3O)C(O)C2O)C(O)C1O)C(O)CCCCCCCCCCCCCCCCC. The molecule has 0 aliphatic carbocycles. The van der Waals surface area contributed by atoms with Gasteiger partial charge < -0.3 is 89.9 Å². The van der Waals surface area contributed by atoms with E-state index in [0.717, 1.165) is 44.9 Å². The molecule has 99 heavy (non-hydrogen) atoms. The molecule has 19 heteroatoms. The highest BCUT2D eigenvalue weighted by molar-refractivity contribution is 5.76.